The van der Waals surface area contributed by atoms with E-state index in [1.54, 1.807) is 4.31 Å². The van der Waals surface area contributed by atoms with Crippen molar-refractivity contribution in [1.82, 2.24) is 9.21 Å². The largest absolute Gasteiger partial charge is 0.392 e. The van der Waals surface area contributed by atoms with E-state index in [0.29, 0.717) is 38.6 Å². The van der Waals surface area contributed by atoms with Gasteiger partial charge in [0.05, 0.1) is 11.9 Å². The Hall–Kier alpha value is -0.950. The van der Waals surface area contributed by atoms with E-state index in [9.17, 15) is 13.5 Å². The summed E-state index contributed by atoms with van der Waals surface area (Å²) in [6.45, 7) is 5.10. The lowest BCUT2D eigenvalue weighted by Gasteiger charge is -2.35. The van der Waals surface area contributed by atoms with Crippen LogP contribution in [-0.4, -0.2) is 61.6 Å². The molecular weight excluding hydrogens is 312 g/mol. The summed E-state index contributed by atoms with van der Waals surface area (Å²) in [5.74, 6) is 0.539. The minimum atomic E-state index is -3.26. The highest BCUT2D eigenvalue weighted by Gasteiger charge is 2.33. The Bertz CT molecular complexity index is 635. The molecule has 128 valence electrons. The number of β-amino-alcohol motifs (C(OH)–C–C–N with tert-alkyl or cyclic N) is 1. The molecule has 1 aromatic rings. The van der Waals surface area contributed by atoms with Crippen LogP contribution in [0.25, 0.3) is 0 Å². The van der Waals surface area contributed by atoms with Gasteiger partial charge in [0.25, 0.3) is 0 Å². The monoisotopic (exact) mass is 338 g/mol. The minimum Gasteiger partial charge on any atom is -0.392 e. The molecule has 2 fully saturated rings. The zero-order valence-electron chi connectivity index (χ0n) is 13.7. The fraction of sp³-hybridized carbons (Fsp3) is 0.647. The number of aliphatic hydroxyl groups is 1. The van der Waals surface area contributed by atoms with Crippen LogP contribution in [0.4, 0.5) is 0 Å². The maximum absolute atomic E-state index is 12.6. The number of aliphatic hydroxyl groups excluding tert-OH is 1. The Morgan fingerprint density at radius 2 is 1.91 bits per heavy atom. The van der Waals surface area contributed by atoms with Gasteiger partial charge in [0, 0.05) is 32.7 Å². The van der Waals surface area contributed by atoms with E-state index in [1.807, 2.05) is 31.2 Å². The van der Waals surface area contributed by atoms with Crippen molar-refractivity contribution >= 4 is 10.0 Å². The van der Waals surface area contributed by atoms with Crippen molar-refractivity contribution < 1.29 is 13.5 Å². The molecule has 0 spiro atoms. The van der Waals surface area contributed by atoms with Crippen LogP contribution in [0.2, 0.25) is 0 Å². The van der Waals surface area contributed by atoms with Crippen molar-refractivity contribution in [1.29, 1.82) is 0 Å². The van der Waals surface area contributed by atoms with Gasteiger partial charge in [-0.25, -0.2) is 8.42 Å². The molecule has 1 aliphatic heterocycles. The Kier molecular flexibility index (Phi) is 5.06. The molecule has 1 saturated carbocycles. The fourth-order valence-electron chi connectivity index (χ4n) is 3.19. The molecule has 3 rings (SSSR count). The van der Waals surface area contributed by atoms with Gasteiger partial charge in [-0.1, -0.05) is 29.8 Å². The van der Waals surface area contributed by atoms with Crippen molar-refractivity contribution in [3.63, 3.8) is 0 Å². The second-order valence-electron chi connectivity index (χ2n) is 6.85. The van der Waals surface area contributed by atoms with Crippen molar-refractivity contribution in [2.45, 2.75) is 31.6 Å². The number of benzene rings is 1. The molecule has 5 nitrogen and oxygen atoms in total. The number of aryl methyl sites for hydroxylation is 1. The average molecular weight is 338 g/mol. The van der Waals surface area contributed by atoms with Gasteiger partial charge in [-0.15, -0.1) is 0 Å². The second-order valence-corrected chi connectivity index (χ2v) is 8.82. The van der Waals surface area contributed by atoms with Crippen LogP contribution >= 0.6 is 0 Å². The Labute approximate surface area is 139 Å². The molecule has 23 heavy (non-hydrogen) atoms. The first-order chi connectivity index (χ1) is 10.9. The zero-order chi connectivity index (χ0) is 16.4. The minimum absolute atomic E-state index is 0.0688. The van der Waals surface area contributed by atoms with Gasteiger partial charge in [0.1, 0.15) is 0 Å². The predicted molar refractivity (Wildman–Crippen MR) is 90.5 cm³/mol. The number of rotatable bonds is 6. The Balaban J connectivity index is 1.53. The summed E-state index contributed by atoms with van der Waals surface area (Å²) in [4.78, 5) is 2.18. The highest BCUT2D eigenvalue weighted by atomic mass is 32.2. The Morgan fingerprint density at radius 3 is 2.52 bits per heavy atom. The van der Waals surface area contributed by atoms with Crippen LogP contribution in [0.15, 0.2) is 24.3 Å². The van der Waals surface area contributed by atoms with Crippen LogP contribution in [-0.2, 0) is 15.8 Å². The van der Waals surface area contributed by atoms with E-state index in [2.05, 4.69) is 4.90 Å². The number of hydrogen-bond donors (Lipinski definition) is 1. The van der Waals surface area contributed by atoms with Crippen LogP contribution < -0.4 is 0 Å². The molecule has 0 bridgehead atoms. The van der Waals surface area contributed by atoms with Gasteiger partial charge in [-0.2, -0.15) is 4.31 Å². The molecule has 1 atom stereocenters. The molecule has 1 saturated heterocycles. The molecule has 0 aromatic heterocycles. The standard InChI is InChI=1S/C17H26N2O3S/c1-14-3-2-4-15(11-14)13-23(21,22)19-9-7-18(8-10-19)12-17(20)16-5-6-16/h2-4,11,16-17,20H,5-10,12-13H2,1H3/t17-/m0/s1. The third kappa shape index (κ3) is 4.53. The lowest BCUT2D eigenvalue weighted by molar-refractivity contribution is 0.0781. The first-order valence-electron chi connectivity index (χ1n) is 8.38. The van der Waals surface area contributed by atoms with E-state index in [4.69, 9.17) is 0 Å². The topological polar surface area (TPSA) is 60.9 Å². The van der Waals surface area contributed by atoms with Gasteiger partial charge in [-0.05, 0) is 31.2 Å². The van der Waals surface area contributed by atoms with Crippen molar-refractivity contribution in [3.05, 3.63) is 35.4 Å². The number of hydrogen-bond acceptors (Lipinski definition) is 4. The molecule has 1 aromatic carbocycles. The molecule has 2 aliphatic rings. The molecule has 0 amide bonds. The summed E-state index contributed by atoms with van der Waals surface area (Å²) in [5.41, 5.74) is 1.92. The van der Waals surface area contributed by atoms with Gasteiger partial charge in [0.2, 0.25) is 10.0 Å². The SMILES string of the molecule is Cc1cccc(CS(=O)(=O)N2CCN(C[C@H](O)C3CC3)CC2)c1. The summed E-state index contributed by atoms with van der Waals surface area (Å²) >= 11 is 0. The second kappa shape index (κ2) is 6.89. The highest BCUT2D eigenvalue weighted by Crippen LogP contribution is 2.33. The van der Waals surface area contributed by atoms with Crippen LogP contribution in [0, 0.1) is 12.8 Å². The number of nitrogens with zero attached hydrogens (tertiary/aromatic N) is 2. The summed E-state index contributed by atoms with van der Waals surface area (Å²) < 4.78 is 26.7. The first kappa shape index (κ1) is 16.9. The summed E-state index contributed by atoms with van der Waals surface area (Å²) in [5, 5.41) is 10.0. The van der Waals surface area contributed by atoms with Crippen molar-refractivity contribution in [2.24, 2.45) is 5.92 Å². The molecule has 1 aliphatic carbocycles. The molecule has 1 heterocycles. The lowest BCUT2D eigenvalue weighted by Crippen LogP contribution is -2.50. The zero-order valence-corrected chi connectivity index (χ0v) is 14.5. The molecule has 6 heteroatoms. The van der Waals surface area contributed by atoms with Crippen LogP contribution in [0.1, 0.15) is 24.0 Å². The van der Waals surface area contributed by atoms with Crippen molar-refractivity contribution in [3.8, 4) is 0 Å². The van der Waals surface area contributed by atoms with E-state index < -0.39 is 10.0 Å². The van der Waals surface area contributed by atoms with Gasteiger partial charge >= 0.3 is 0 Å². The fourth-order valence-corrected chi connectivity index (χ4v) is 4.69. The number of sulfonamides is 1. The highest BCUT2D eigenvalue weighted by molar-refractivity contribution is 7.88. The van der Waals surface area contributed by atoms with Gasteiger partial charge in [0.15, 0.2) is 0 Å². The van der Waals surface area contributed by atoms with Crippen LogP contribution in [0.5, 0.6) is 0 Å². The number of piperazine rings is 1. The maximum atomic E-state index is 12.6. The van der Waals surface area contributed by atoms with Crippen LogP contribution in [0.3, 0.4) is 0 Å². The van der Waals surface area contributed by atoms with E-state index in [-0.39, 0.29) is 11.9 Å². The van der Waals surface area contributed by atoms with E-state index in [0.717, 1.165) is 24.0 Å². The third-order valence-corrected chi connectivity index (χ3v) is 6.62. The molecule has 0 radical (unpaired) electrons. The predicted octanol–water partition coefficient (Wildman–Crippen LogP) is 1.21. The van der Waals surface area contributed by atoms with E-state index >= 15 is 0 Å². The normalized spacial score (nSPS) is 22.2. The quantitative estimate of drug-likeness (QED) is 0.847. The van der Waals surface area contributed by atoms with Gasteiger partial charge in [-0.3, -0.25) is 4.90 Å². The maximum Gasteiger partial charge on any atom is 0.218 e. The van der Waals surface area contributed by atoms with E-state index in [1.165, 1.54) is 0 Å². The first-order valence-corrected chi connectivity index (χ1v) is 9.99. The van der Waals surface area contributed by atoms with Gasteiger partial charge < -0.3 is 5.11 Å². The van der Waals surface area contributed by atoms with Crippen molar-refractivity contribution in [2.75, 3.05) is 32.7 Å². The summed E-state index contributed by atoms with van der Waals surface area (Å²) in [7, 11) is -3.26. The summed E-state index contributed by atoms with van der Waals surface area (Å²) in [6, 6.07) is 7.67. The third-order valence-electron chi connectivity index (χ3n) is 4.77. The molecule has 0 unspecified atom stereocenters. The molecular formula is C17H26N2O3S. The molecule has 1 N–H and O–H groups in total. The summed E-state index contributed by atoms with van der Waals surface area (Å²) in [6.07, 6.45) is 2.02. The average Bonchev–Trinajstić information content (AvgIpc) is 3.32. The smallest absolute Gasteiger partial charge is 0.218 e. The Morgan fingerprint density at radius 1 is 1.22 bits per heavy atom. The lowest BCUT2D eigenvalue weighted by atomic mass is 10.2.